The van der Waals surface area contributed by atoms with Gasteiger partial charge in [0, 0.05) is 40.5 Å². The minimum atomic E-state index is -0.118. The molecule has 0 aliphatic carbocycles. The first-order valence-electron chi connectivity index (χ1n) is 22.5. The number of aromatic nitrogens is 2. The smallest absolute Gasteiger partial charge is 0.137 e. The van der Waals surface area contributed by atoms with Crippen LogP contribution in [0, 0.1) is 0 Å². The molecule has 0 radical (unpaired) electrons. The summed E-state index contributed by atoms with van der Waals surface area (Å²) < 4.78 is 9.31. The van der Waals surface area contributed by atoms with Crippen LogP contribution in [-0.4, -0.2) is 16.2 Å². The molecule has 0 unspecified atom stereocenters. The summed E-state index contributed by atoms with van der Waals surface area (Å²) in [5.74, 6) is 2.49. The Morgan fingerprint density at radius 1 is 0.460 bits per heavy atom. The Kier molecular flexibility index (Phi) is 10.1. The van der Waals surface area contributed by atoms with Crippen LogP contribution in [0.25, 0.3) is 38.8 Å². The third kappa shape index (κ3) is 7.99. The first-order valence-corrected chi connectivity index (χ1v) is 22.5. The molecule has 2 aromatic heterocycles. The monoisotopic (exact) mass is 830 g/mol. The highest BCUT2D eigenvalue weighted by Crippen LogP contribution is 2.48. The van der Waals surface area contributed by atoms with Crippen molar-refractivity contribution in [1.82, 2.24) is 9.55 Å². The van der Waals surface area contributed by atoms with Crippen molar-refractivity contribution in [2.45, 2.75) is 105 Å². The van der Waals surface area contributed by atoms with E-state index in [0.29, 0.717) is 6.67 Å². The van der Waals surface area contributed by atoms with E-state index in [4.69, 9.17) is 9.72 Å². The van der Waals surface area contributed by atoms with Gasteiger partial charge in [0.05, 0.1) is 22.4 Å². The van der Waals surface area contributed by atoms with Gasteiger partial charge in [-0.05, 0) is 128 Å². The first-order chi connectivity index (χ1) is 29.7. The van der Waals surface area contributed by atoms with Crippen LogP contribution >= 0.6 is 0 Å². The van der Waals surface area contributed by atoms with Gasteiger partial charge in [-0.1, -0.05) is 138 Å². The summed E-state index contributed by atoms with van der Waals surface area (Å²) >= 11 is 0. The molecule has 0 amide bonds. The van der Waals surface area contributed by atoms with Gasteiger partial charge in [0.1, 0.15) is 24.0 Å². The molecular weight excluding hydrogens is 769 g/mol. The third-order valence-electron chi connectivity index (χ3n) is 12.7. The lowest BCUT2D eigenvalue weighted by molar-refractivity contribution is 0.479. The molecule has 5 nitrogen and oxygen atoms in total. The SMILES string of the molecule is CC(C)(C)c1cc(Oc2ccc3c4cc(C(C)(C)C)ccc4n(-c4cc(C(C)(C)C)ccn4)c3c2)cc(N2CN(c3ccc(-c4ccccc4)c(C(C)(C)C)c3)c3ccccc32)c1. The average Bonchev–Trinajstić information content (AvgIpc) is 3.78. The van der Waals surface area contributed by atoms with E-state index < -0.39 is 0 Å². The molecule has 3 heterocycles. The fourth-order valence-corrected chi connectivity index (χ4v) is 9.00. The Hall–Kier alpha value is -6.33. The van der Waals surface area contributed by atoms with E-state index in [1.807, 2.05) is 6.20 Å². The maximum atomic E-state index is 7.00. The van der Waals surface area contributed by atoms with Gasteiger partial charge in [0.2, 0.25) is 0 Å². The number of pyridine rings is 1. The molecule has 9 rings (SSSR count). The van der Waals surface area contributed by atoms with Gasteiger partial charge < -0.3 is 14.5 Å². The zero-order valence-electron chi connectivity index (χ0n) is 39.3. The molecular formula is C58H62N4O. The average molecular weight is 831 g/mol. The Morgan fingerprint density at radius 2 is 1.11 bits per heavy atom. The molecule has 0 fully saturated rings. The number of fused-ring (bicyclic) bond motifs is 4. The molecule has 5 heteroatoms. The molecule has 0 saturated heterocycles. The fraction of sp³-hybridized carbons (Fsp3) is 0.293. The topological polar surface area (TPSA) is 33.5 Å². The van der Waals surface area contributed by atoms with Crippen molar-refractivity contribution in [2.24, 2.45) is 0 Å². The van der Waals surface area contributed by atoms with Crippen LogP contribution < -0.4 is 14.5 Å². The number of nitrogens with zero attached hydrogens (tertiary/aromatic N) is 4. The number of hydrogen-bond acceptors (Lipinski definition) is 4. The molecule has 320 valence electrons. The predicted molar refractivity (Wildman–Crippen MR) is 267 cm³/mol. The van der Waals surface area contributed by atoms with Gasteiger partial charge in [0.15, 0.2) is 0 Å². The number of para-hydroxylation sites is 2. The first kappa shape index (κ1) is 42.0. The molecule has 0 spiro atoms. The number of rotatable bonds is 6. The van der Waals surface area contributed by atoms with Crippen molar-refractivity contribution in [3.8, 4) is 28.4 Å². The molecule has 1 aliphatic rings. The number of anilines is 4. The van der Waals surface area contributed by atoms with Gasteiger partial charge in [-0.25, -0.2) is 4.98 Å². The number of hydrogen-bond donors (Lipinski definition) is 0. The minimum absolute atomic E-state index is 0.0150. The zero-order chi connectivity index (χ0) is 44.6. The van der Waals surface area contributed by atoms with E-state index >= 15 is 0 Å². The third-order valence-corrected chi connectivity index (χ3v) is 12.7. The van der Waals surface area contributed by atoms with Gasteiger partial charge in [-0.15, -0.1) is 0 Å². The Balaban J connectivity index is 1.13. The highest BCUT2D eigenvalue weighted by Gasteiger charge is 2.31. The maximum absolute atomic E-state index is 7.00. The van der Waals surface area contributed by atoms with E-state index in [2.05, 4.69) is 237 Å². The van der Waals surface area contributed by atoms with E-state index in [1.54, 1.807) is 0 Å². The molecule has 63 heavy (non-hydrogen) atoms. The summed E-state index contributed by atoms with van der Waals surface area (Å²) in [6.45, 7) is 28.0. The maximum Gasteiger partial charge on any atom is 0.137 e. The minimum Gasteiger partial charge on any atom is -0.457 e. The molecule has 8 aromatic rings. The Bertz CT molecular complexity index is 3000. The molecule has 0 N–H and O–H groups in total. The molecule has 6 aromatic carbocycles. The van der Waals surface area contributed by atoms with Crippen molar-refractivity contribution in [3.05, 3.63) is 168 Å². The second kappa shape index (κ2) is 15.2. The lowest BCUT2D eigenvalue weighted by Gasteiger charge is -2.28. The highest BCUT2D eigenvalue weighted by atomic mass is 16.5. The molecule has 1 aliphatic heterocycles. The summed E-state index contributed by atoms with van der Waals surface area (Å²) in [5.41, 5.74) is 14.3. The fourth-order valence-electron chi connectivity index (χ4n) is 9.00. The van der Waals surface area contributed by atoms with E-state index in [9.17, 15) is 0 Å². The van der Waals surface area contributed by atoms with Crippen molar-refractivity contribution in [2.75, 3.05) is 16.5 Å². The van der Waals surface area contributed by atoms with E-state index in [0.717, 1.165) is 34.0 Å². The highest BCUT2D eigenvalue weighted by molar-refractivity contribution is 6.10. The van der Waals surface area contributed by atoms with E-state index in [1.165, 1.54) is 61.2 Å². The van der Waals surface area contributed by atoms with Gasteiger partial charge in [-0.2, -0.15) is 0 Å². The van der Waals surface area contributed by atoms with Crippen molar-refractivity contribution in [3.63, 3.8) is 0 Å². The molecule has 0 bridgehead atoms. The summed E-state index contributed by atoms with van der Waals surface area (Å²) in [6, 6.07) is 51.1. The Morgan fingerprint density at radius 3 is 1.78 bits per heavy atom. The van der Waals surface area contributed by atoms with Crippen LogP contribution in [0.5, 0.6) is 11.5 Å². The van der Waals surface area contributed by atoms with Crippen LogP contribution in [-0.2, 0) is 21.7 Å². The normalized spacial score (nSPS) is 13.6. The van der Waals surface area contributed by atoms with Crippen LogP contribution in [0.4, 0.5) is 22.7 Å². The van der Waals surface area contributed by atoms with Crippen LogP contribution in [0.1, 0.15) is 105 Å². The van der Waals surface area contributed by atoms with Crippen molar-refractivity contribution >= 4 is 44.6 Å². The van der Waals surface area contributed by atoms with E-state index in [-0.39, 0.29) is 21.7 Å². The predicted octanol–water partition coefficient (Wildman–Crippen LogP) is 16.1. The quantitative estimate of drug-likeness (QED) is 0.167. The summed E-state index contributed by atoms with van der Waals surface area (Å²) in [5, 5.41) is 2.39. The van der Waals surface area contributed by atoms with Crippen molar-refractivity contribution in [1.29, 1.82) is 0 Å². The standard InChI is InChI=1S/C58H62N4O/c1-55(2,3)39-22-27-50-48(32-39)47-26-24-44(36-53(47)62(50)54-33-40(28-29-59-54)56(4,5)6)63-45-31-41(57(7,8)9)30-43(34-45)61-37-60(51-20-16-17-21-52(51)61)42-23-25-46(38-18-14-13-15-19-38)49(35-42)58(10,11)12/h13-36H,37H2,1-12H3. The number of benzene rings is 6. The van der Waals surface area contributed by atoms with Crippen LogP contribution in [0.2, 0.25) is 0 Å². The second-order valence-corrected chi connectivity index (χ2v) is 21.5. The summed E-state index contributed by atoms with van der Waals surface area (Å²) in [4.78, 5) is 9.85. The van der Waals surface area contributed by atoms with Crippen molar-refractivity contribution < 1.29 is 4.74 Å². The molecule has 0 atom stereocenters. The van der Waals surface area contributed by atoms with Crippen LogP contribution in [0.15, 0.2) is 146 Å². The summed E-state index contributed by atoms with van der Waals surface area (Å²) in [7, 11) is 0. The van der Waals surface area contributed by atoms with Crippen LogP contribution in [0.3, 0.4) is 0 Å². The second-order valence-electron chi connectivity index (χ2n) is 21.5. The largest absolute Gasteiger partial charge is 0.457 e. The zero-order valence-corrected chi connectivity index (χ0v) is 39.3. The van der Waals surface area contributed by atoms with Gasteiger partial charge in [0.25, 0.3) is 0 Å². The summed E-state index contributed by atoms with van der Waals surface area (Å²) in [6.07, 6.45) is 1.94. The lowest BCUT2D eigenvalue weighted by Crippen LogP contribution is -2.25. The van der Waals surface area contributed by atoms with Gasteiger partial charge in [-0.3, -0.25) is 4.57 Å². The van der Waals surface area contributed by atoms with Gasteiger partial charge >= 0.3 is 0 Å². The lowest BCUT2D eigenvalue weighted by atomic mass is 9.81. The molecule has 0 saturated carbocycles. The number of ether oxygens (including phenoxy) is 1. The Labute approximate surface area is 375 Å².